The molecule has 1 atom stereocenters. The van der Waals surface area contributed by atoms with Crippen LogP contribution in [0.3, 0.4) is 0 Å². The first-order chi connectivity index (χ1) is 17.4. The number of methoxy groups -OCH3 is 1. The fourth-order valence-corrected chi connectivity index (χ4v) is 5.78. The van der Waals surface area contributed by atoms with Gasteiger partial charge in [-0.2, -0.15) is 0 Å². The number of benzene rings is 3. The monoisotopic (exact) mass is 518 g/mol. The molecule has 0 N–H and O–H groups in total. The Balaban J connectivity index is 1.80. The molecule has 0 aliphatic carbocycles. The highest BCUT2D eigenvalue weighted by molar-refractivity contribution is 7.07. The van der Waals surface area contributed by atoms with Gasteiger partial charge in [-0.05, 0) is 48.4 Å². The second-order valence-electron chi connectivity index (χ2n) is 8.23. The van der Waals surface area contributed by atoms with Gasteiger partial charge in [0.25, 0.3) is 5.56 Å². The Kier molecular flexibility index (Phi) is 6.51. The average Bonchev–Trinajstić information content (AvgIpc) is 3.18. The van der Waals surface area contributed by atoms with Crippen molar-refractivity contribution in [3.05, 3.63) is 108 Å². The number of allylic oxidation sites excluding steroid dienone is 1. The van der Waals surface area contributed by atoms with Crippen molar-refractivity contribution in [3.8, 4) is 5.75 Å². The van der Waals surface area contributed by atoms with Crippen molar-refractivity contribution in [1.82, 2.24) is 4.57 Å². The van der Waals surface area contributed by atoms with E-state index in [-0.39, 0.29) is 12.2 Å². The number of halogens is 1. The van der Waals surface area contributed by atoms with Crippen LogP contribution >= 0.6 is 22.9 Å². The minimum Gasteiger partial charge on any atom is -0.496 e. The number of fused-ring (bicyclic) bond motifs is 2. The first-order valence-electron chi connectivity index (χ1n) is 11.4. The molecule has 8 heteroatoms. The molecule has 0 bridgehead atoms. The van der Waals surface area contributed by atoms with Crippen LogP contribution in [0.25, 0.3) is 16.8 Å². The number of carbonyl (C=O) groups is 1. The van der Waals surface area contributed by atoms with E-state index in [1.807, 2.05) is 60.7 Å². The summed E-state index contributed by atoms with van der Waals surface area (Å²) in [6.45, 7) is 3.70. The van der Waals surface area contributed by atoms with Crippen LogP contribution in [0.2, 0.25) is 5.02 Å². The van der Waals surface area contributed by atoms with E-state index in [9.17, 15) is 9.59 Å². The minimum atomic E-state index is -0.759. The van der Waals surface area contributed by atoms with E-state index in [2.05, 4.69) is 4.99 Å². The number of carbonyl (C=O) groups excluding carboxylic acids is 1. The summed E-state index contributed by atoms with van der Waals surface area (Å²) in [6, 6.07) is 18.2. The standard InChI is InChI=1S/C28H23ClN2O4S/c1-4-35-27(33)24-16(2)30-28-31(25(24)19-11-7-8-12-21(19)29)26(32)23(36-28)15-20-18-10-6-5-9-17(18)13-14-22(20)34-3/h5-15,25H,4H2,1-3H3/b23-15+. The molecule has 2 heterocycles. The first-order valence-corrected chi connectivity index (χ1v) is 12.6. The molecule has 1 aromatic heterocycles. The van der Waals surface area contributed by atoms with E-state index in [0.29, 0.717) is 36.9 Å². The molecule has 1 unspecified atom stereocenters. The number of nitrogens with zero attached hydrogens (tertiary/aromatic N) is 2. The lowest BCUT2D eigenvalue weighted by Crippen LogP contribution is -2.40. The third kappa shape index (κ3) is 4.04. The van der Waals surface area contributed by atoms with Crippen LogP contribution in [-0.4, -0.2) is 24.3 Å². The molecule has 182 valence electrons. The van der Waals surface area contributed by atoms with Gasteiger partial charge in [0.1, 0.15) is 11.8 Å². The van der Waals surface area contributed by atoms with Gasteiger partial charge in [-0.1, -0.05) is 71.5 Å². The highest BCUT2D eigenvalue weighted by atomic mass is 35.5. The molecule has 3 aromatic carbocycles. The summed E-state index contributed by atoms with van der Waals surface area (Å²) in [6.07, 6.45) is 1.83. The Morgan fingerprint density at radius 2 is 1.89 bits per heavy atom. The number of ether oxygens (including phenoxy) is 2. The van der Waals surface area contributed by atoms with Gasteiger partial charge in [0.05, 0.1) is 29.5 Å². The second-order valence-corrected chi connectivity index (χ2v) is 9.64. The fraction of sp³-hybridized carbons (Fsp3) is 0.179. The van der Waals surface area contributed by atoms with Crippen molar-refractivity contribution in [1.29, 1.82) is 0 Å². The van der Waals surface area contributed by atoms with Crippen LogP contribution in [0.5, 0.6) is 5.75 Å². The van der Waals surface area contributed by atoms with Gasteiger partial charge in [-0.15, -0.1) is 0 Å². The molecule has 0 amide bonds. The molecular formula is C28H23ClN2O4S. The molecule has 1 aliphatic rings. The van der Waals surface area contributed by atoms with Crippen molar-refractivity contribution in [2.75, 3.05) is 13.7 Å². The number of esters is 1. The van der Waals surface area contributed by atoms with Crippen LogP contribution in [0.15, 0.2) is 81.7 Å². The maximum Gasteiger partial charge on any atom is 0.338 e. The summed E-state index contributed by atoms with van der Waals surface area (Å²) in [5, 5.41) is 2.45. The number of thiazole rings is 1. The van der Waals surface area contributed by atoms with E-state index in [1.54, 1.807) is 27.0 Å². The van der Waals surface area contributed by atoms with Crippen LogP contribution < -0.4 is 19.6 Å². The number of hydrogen-bond acceptors (Lipinski definition) is 6. The lowest BCUT2D eigenvalue weighted by molar-refractivity contribution is -0.139. The Hall–Kier alpha value is -3.68. The summed E-state index contributed by atoms with van der Waals surface area (Å²) in [7, 11) is 1.61. The predicted octanol–water partition coefficient (Wildman–Crippen LogP) is 4.61. The largest absolute Gasteiger partial charge is 0.496 e. The molecule has 6 nitrogen and oxygen atoms in total. The van der Waals surface area contributed by atoms with E-state index in [4.69, 9.17) is 21.1 Å². The summed E-state index contributed by atoms with van der Waals surface area (Å²) < 4.78 is 13.0. The number of hydrogen-bond donors (Lipinski definition) is 0. The Morgan fingerprint density at radius 1 is 1.14 bits per heavy atom. The summed E-state index contributed by atoms with van der Waals surface area (Å²) in [5.74, 6) is 0.138. The van der Waals surface area contributed by atoms with E-state index in [0.717, 1.165) is 16.3 Å². The van der Waals surface area contributed by atoms with Gasteiger partial charge in [0, 0.05) is 10.6 Å². The predicted molar refractivity (Wildman–Crippen MR) is 142 cm³/mol. The van der Waals surface area contributed by atoms with Gasteiger partial charge in [-0.25, -0.2) is 9.79 Å². The topological polar surface area (TPSA) is 69.9 Å². The maximum atomic E-state index is 13.9. The molecule has 0 fully saturated rings. The van der Waals surface area contributed by atoms with Gasteiger partial charge in [0.15, 0.2) is 4.80 Å². The van der Waals surface area contributed by atoms with Crippen molar-refractivity contribution < 1.29 is 14.3 Å². The third-order valence-corrected chi connectivity index (χ3v) is 7.47. The highest BCUT2D eigenvalue weighted by Crippen LogP contribution is 2.34. The normalized spacial score (nSPS) is 15.6. The van der Waals surface area contributed by atoms with E-state index in [1.165, 1.54) is 15.9 Å². The SMILES string of the molecule is CCOC(=O)C1=C(C)N=c2s/c(=C/c3c(OC)ccc4ccccc34)c(=O)n2C1c1ccccc1Cl. The Morgan fingerprint density at radius 3 is 2.64 bits per heavy atom. The zero-order valence-corrected chi connectivity index (χ0v) is 21.5. The Bertz CT molecular complexity index is 1720. The van der Waals surface area contributed by atoms with Crippen LogP contribution in [0.4, 0.5) is 0 Å². The van der Waals surface area contributed by atoms with Crippen molar-refractivity contribution in [3.63, 3.8) is 0 Å². The summed E-state index contributed by atoms with van der Waals surface area (Å²) in [5.41, 5.74) is 1.96. The zero-order chi connectivity index (χ0) is 25.4. The van der Waals surface area contributed by atoms with Crippen molar-refractivity contribution in [2.45, 2.75) is 19.9 Å². The maximum absolute atomic E-state index is 13.9. The lowest BCUT2D eigenvalue weighted by Gasteiger charge is -2.25. The Labute approximate surface area is 216 Å². The summed E-state index contributed by atoms with van der Waals surface area (Å²) >= 11 is 7.83. The van der Waals surface area contributed by atoms with Gasteiger partial charge in [-0.3, -0.25) is 9.36 Å². The lowest BCUT2D eigenvalue weighted by atomic mass is 9.96. The van der Waals surface area contributed by atoms with Crippen molar-refractivity contribution in [2.24, 2.45) is 4.99 Å². The fourth-order valence-electron chi connectivity index (χ4n) is 4.52. The average molecular weight is 519 g/mol. The molecule has 4 aromatic rings. The minimum absolute atomic E-state index is 0.205. The van der Waals surface area contributed by atoms with E-state index >= 15 is 0 Å². The quantitative estimate of drug-likeness (QED) is 0.362. The van der Waals surface area contributed by atoms with Gasteiger partial charge >= 0.3 is 5.97 Å². The van der Waals surface area contributed by atoms with E-state index < -0.39 is 12.0 Å². The van der Waals surface area contributed by atoms with Crippen LogP contribution in [0, 0.1) is 0 Å². The molecular weight excluding hydrogens is 496 g/mol. The highest BCUT2D eigenvalue weighted by Gasteiger charge is 2.34. The smallest absolute Gasteiger partial charge is 0.338 e. The second kappa shape index (κ2) is 9.76. The molecule has 0 spiro atoms. The zero-order valence-electron chi connectivity index (χ0n) is 19.9. The molecule has 0 saturated heterocycles. The third-order valence-electron chi connectivity index (χ3n) is 6.14. The van der Waals surface area contributed by atoms with Gasteiger partial charge in [0.2, 0.25) is 0 Å². The van der Waals surface area contributed by atoms with Crippen molar-refractivity contribution >= 4 is 45.8 Å². The molecule has 0 saturated carbocycles. The number of rotatable bonds is 5. The van der Waals surface area contributed by atoms with Gasteiger partial charge < -0.3 is 9.47 Å². The van der Waals surface area contributed by atoms with Crippen LogP contribution in [0.1, 0.15) is 31.0 Å². The molecule has 1 aliphatic heterocycles. The summed E-state index contributed by atoms with van der Waals surface area (Å²) in [4.78, 5) is 32.1. The molecule has 0 radical (unpaired) electrons. The molecule has 5 rings (SSSR count). The van der Waals surface area contributed by atoms with Crippen LogP contribution in [-0.2, 0) is 9.53 Å². The number of aromatic nitrogens is 1. The first kappa shape index (κ1) is 24.0. The molecule has 36 heavy (non-hydrogen) atoms.